The number of anilines is 3. The second-order valence-electron chi connectivity index (χ2n) is 8.21. The van der Waals surface area contributed by atoms with E-state index in [1.54, 1.807) is 0 Å². The van der Waals surface area contributed by atoms with Gasteiger partial charge in [-0.1, -0.05) is 18.2 Å². The number of carbonyl (C=O) groups is 1. The highest BCUT2D eigenvalue weighted by molar-refractivity contribution is 5.97. The molecule has 0 radical (unpaired) electrons. The molecule has 0 saturated carbocycles. The molecule has 1 atom stereocenters. The molecule has 1 N–H and O–H groups in total. The third-order valence-electron chi connectivity index (χ3n) is 6.22. The molecule has 2 aromatic rings. The van der Waals surface area contributed by atoms with E-state index in [1.165, 1.54) is 0 Å². The zero-order valence-corrected chi connectivity index (χ0v) is 17.7. The number of benzene rings is 2. The van der Waals surface area contributed by atoms with Crippen molar-refractivity contribution in [2.75, 3.05) is 74.3 Å². The zero-order valence-electron chi connectivity index (χ0n) is 17.7. The van der Waals surface area contributed by atoms with Gasteiger partial charge in [0.25, 0.3) is 0 Å². The number of amides is 1. The molecule has 3 aliphatic rings. The van der Waals surface area contributed by atoms with Gasteiger partial charge >= 0.3 is 0 Å². The molecule has 2 aromatic carbocycles. The van der Waals surface area contributed by atoms with E-state index < -0.39 is 0 Å². The second kappa shape index (κ2) is 9.16. The van der Waals surface area contributed by atoms with Gasteiger partial charge in [0, 0.05) is 31.9 Å². The van der Waals surface area contributed by atoms with E-state index >= 15 is 0 Å². The second-order valence-corrected chi connectivity index (χ2v) is 8.21. The minimum atomic E-state index is -0.202. The Labute approximate surface area is 182 Å². The molecule has 3 heterocycles. The van der Waals surface area contributed by atoms with Crippen LogP contribution in [0.3, 0.4) is 0 Å². The highest BCUT2D eigenvalue weighted by atomic mass is 16.5. The van der Waals surface area contributed by atoms with Crippen LogP contribution >= 0.6 is 0 Å². The highest BCUT2D eigenvalue weighted by Gasteiger charge is 2.27. The Kier molecular flexibility index (Phi) is 5.95. The van der Waals surface area contributed by atoms with Gasteiger partial charge in [0.05, 0.1) is 43.7 Å². The topological polar surface area (TPSA) is 63.3 Å². The average Bonchev–Trinajstić information content (AvgIpc) is 2.85. The van der Waals surface area contributed by atoms with Gasteiger partial charge in [0.1, 0.15) is 12.4 Å². The van der Waals surface area contributed by atoms with Crippen molar-refractivity contribution in [3.05, 3.63) is 48.0 Å². The molecule has 0 aromatic heterocycles. The number of rotatable bonds is 4. The number of fused-ring (bicyclic) bond motifs is 1. The number of para-hydroxylation sites is 1. The van der Waals surface area contributed by atoms with Crippen molar-refractivity contribution in [2.24, 2.45) is 5.92 Å². The van der Waals surface area contributed by atoms with Gasteiger partial charge in [-0.25, -0.2) is 0 Å². The summed E-state index contributed by atoms with van der Waals surface area (Å²) in [6.45, 7) is 6.68. The number of hydrogen-bond acceptors (Lipinski definition) is 6. The minimum Gasteiger partial charge on any atom is -0.492 e. The van der Waals surface area contributed by atoms with Gasteiger partial charge in [-0.05, 0) is 36.2 Å². The number of nitrogens with one attached hydrogen (secondary N) is 1. The summed E-state index contributed by atoms with van der Waals surface area (Å²) < 4.78 is 16.9. The van der Waals surface area contributed by atoms with E-state index in [2.05, 4.69) is 27.2 Å². The smallest absolute Gasteiger partial charge is 0.231 e. The molecule has 0 unspecified atom stereocenters. The minimum absolute atomic E-state index is 0.00290. The molecule has 164 valence electrons. The summed E-state index contributed by atoms with van der Waals surface area (Å²) in [4.78, 5) is 17.8. The van der Waals surface area contributed by atoms with E-state index in [0.717, 1.165) is 67.8 Å². The fourth-order valence-electron chi connectivity index (χ4n) is 4.44. The predicted molar refractivity (Wildman–Crippen MR) is 120 cm³/mol. The Morgan fingerprint density at radius 2 is 1.61 bits per heavy atom. The monoisotopic (exact) mass is 423 g/mol. The number of ether oxygens (including phenoxy) is 3. The van der Waals surface area contributed by atoms with Crippen molar-refractivity contribution in [1.82, 2.24) is 0 Å². The molecule has 5 rings (SSSR count). The van der Waals surface area contributed by atoms with Crippen LogP contribution in [-0.4, -0.2) is 65.1 Å². The van der Waals surface area contributed by atoms with Gasteiger partial charge in [0.15, 0.2) is 0 Å². The average molecular weight is 424 g/mol. The summed E-state index contributed by atoms with van der Waals surface area (Å²) in [6.07, 6.45) is 0.695. The number of carbonyl (C=O) groups excluding carboxylic acids is 1. The van der Waals surface area contributed by atoms with Crippen LogP contribution in [0.4, 0.5) is 17.1 Å². The van der Waals surface area contributed by atoms with Crippen molar-refractivity contribution in [2.45, 2.75) is 6.42 Å². The van der Waals surface area contributed by atoms with Crippen molar-refractivity contribution in [3.63, 3.8) is 0 Å². The summed E-state index contributed by atoms with van der Waals surface area (Å²) >= 11 is 0. The van der Waals surface area contributed by atoms with Crippen LogP contribution in [0.5, 0.6) is 5.75 Å². The molecule has 0 spiro atoms. The molecule has 1 amide bonds. The third-order valence-corrected chi connectivity index (χ3v) is 6.22. The quantitative estimate of drug-likeness (QED) is 0.816. The predicted octanol–water partition coefficient (Wildman–Crippen LogP) is 2.55. The summed E-state index contributed by atoms with van der Waals surface area (Å²) in [5, 5.41) is 3.19. The first kappa shape index (κ1) is 20.2. The lowest BCUT2D eigenvalue weighted by molar-refractivity contribution is -0.121. The molecule has 3 aliphatic heterocycles. The summed E-state index contributed by atoms with van der Waals surface area (Å²) in [5.74, 6) is 0.685. The lowest BCUT2D eigenvalue weighted by Gasteiger charge is -2.34. The first-order valence-electron chi connectivity index (χ1n) is 11.1. The zero-order chi connectivity index (χ0) is 21.0. The van der Waals surface area contributed by atoms with Crippen molar-refractivity contribution in [1.29, 1.82) is 0 Å². The van der Waals surface area contributed by atoms with Crippen LogP contribution in [0.25, 0.3) is 0 Å². The molecule has 0 aliphatic carbocycles. The van der Waals surface area contributed by atoms with Gasteiger partial charge < -0.3 is 29.3 Å². The maximum absolute atomic E-state index is 13.1. The lowest BCUT2D eigenvalue weighted by atomic mass is 9.96. The van der Waals surface area contributed by atoms with Crippen LogP contribution in [0.1, 0.15) is 5.56 Å². The molecular formula is C24H29N3O4. The Morgan fingerprint density at radius 1 is 0.903 bits per heavy atom. The summed E-state index contributed by atoms with van der Waals surface area (Å²) in [5.41, 5.74) is 4.16. The van der Waals surface area contributed by atoms with Gasteiger partial charge in [0.2, 0.25) is 5.91 Å². The SMILES string of the molecule is O=C(Nc1ccc(N2CCOCC2)cc1N1CCOCC1)[C@@H]1COc2ccccc2C1. The van der Waals surface area contributed by atoms with Gasteiger partial charge in [-0.2, -0.15) is 0 Å². The lowest BCUT2D eigenvalue weighted by Crippen LogP contribution is -2.39. The Morgan fingerprint density at radius 3 is 2.39 bits per heavy atom. The largest absolute Gasteiger partial charge is 0.492 e. The van der Waals surface area contributed by atoms with Crippen molar-refractivity contribution < 1.29 is 19.0 Å². The van der Waals surface area contributed by atoms with Crippen LogP contribution in [0, 0.1) is 5.92 Å². The van der Waals surface area contributed by atoms with E-state index in [-0.39, 0.29) is 11.8 Å². The Hall–Kier alpha value is -2.77. The molecule has 0 bridgehead atoms. The molecule has 2 saturated heterocycles. The number of hydrogen-bond donors (Lipinski definition) is 1. The third kappa shape index (κ3) is 4.48. The molecule has 2 fully saturated rings. The first-order valence-corrected chi connectivity index (χ1v) is 11.1. The molecule has 31 heavy (non-hydrogen) atoms. The number of nitrogens with zero attached hydrogens (tertiary/aromatic N) is 2. The van der Waals surface area contributed by atoms with E-state index in [0.29, 0.717) is 26.2 Å². The maximum atomic E-state index is 13.1. The van der Waals surface area contributed by atoms with Crippen LogP contribution < -0.4 is 19.9 Å². The van der Waals surface area contributed by atoms with Crippen LogP contribution in [-0.2, 0) is 20.7 Å². The molecule has 7 heteroatoms. The van der Waals surface area contributed by atoms with Gasteiger partial charge in [-0.3, -0.25) is 4.79 Å². The van der Waals surface area contributed by atoms with Crippen LogP contribution in [0.2, 0.25) is 0 Å². The standard InChI is InChI=1S/C24H29N3O4/c28-24(19-15-18-3-1-2-4-23(18)31-17-19)25-21-6-5-20(26-7-11-29-12-8-26)16-22(21)27-9-13-30-14-10-27/h1-6,16,19H,7-15,17H2,(H,25,28)/t19-/m0/s1. The first-order chi connectivity index (χ1) is 15.3. The summed E-state index contributed by atoms with van der Waals surface area (Å²) in [7, 11) is 0. The van der Waals surface area contributed by atoms with Crippen LogP contribution in [0.15, 0.2) is 42.5 Å². The Bertz CT molecular complexity index is 923. The molecule has 7 nitrogen and oxygen atoms in total. The van der Waals surface area contributed by atoms with E-state index in [1.807, 2.05) is 30.3 Å². The number of morpholine rings is 2. The van der Waals surface area contributed by atoms with E-state index in [9.17, 15) is 4.79 Å². The highest BCUT2D eigenvalue weighted by Crippen LogP contribution is 2.33. The van der Waals surface area contributed by atoms with Gasteiger partial charge in [-0.15, -0.1) is 0 Å². The van der Waals surface area contributed by atoms with E-state index in [4.69, 9.17) is 14.2 Å². The van der Waals surface area contributed by atoms with Crippen molar-refractivity contribution >= 4 is 23.0 Å². The van der Waals surface area contributed by atoms with Crippen molar-refractivity contribution in [3.8, 4) is 5.75 Å². The fourth-order valence-corrected chi connectivity index (χ4v) is 4.44. The summed E-state index contributed by atoms with van der Waals surface area (Å²) in [6, 6.07) is 14.3. The normalized spacial score (nSPS) is 21.2. The Balaban J connectivity index is 1.36. The molecular weight excluding hydrogens is 394 g/mol. The maximum Gasteiger partial charge on any atom is 0.231 e. The fraction of sp³-hybridized carbons (Fsp3) is 0.458.